The quantitative estimate of drug-likeness (QED) is 0.303. The summed E-state index contributed by atoms with van der Waals surface area (Å²) in [4.78, 5) is 4.70. The van der Waals surface area contributed by atoms with Crippen molar-refractivity contribution < 1.29 is 5.11 Å². The molecule has 136 valence electrons. The van der Waals surface area contributed by atoms with Crippen molar-refractivity contribution in [2.45, 2.75) is 12.8 Å². The van der Waals surface area contributed by atoms with Gasteiger partial charge in [-0.05, 0) is 64.0 Å². The number of nitrogens with zero attached hydrogens (tertiary/aromatic N) is 1. The number of pyridine rings is 1. The van der Waals surface area contributed by atoms with Gasteiger partial charge in [0.25, 0.3) is 0 Å². The molecule has 1 heterocycles. The normalized spacial score (nSPS) is 10.5. The second-order valence-corrected chi connectivity index (χ2v) is 7.88. The summed E-state index contributed by atoms with van der Waals surface area (Å²) in [6, 6.07) is 26.1. The maximum Gasteiger partial charge on any atom is 0.126 e. The Morgan fingerprint density at radius 3 is 2.43 bits per heavy atom. The van der Waals surface area contributed by atoms with Gasteiger partial charge in [-0.1, -0.05) is 54.3 Å². The highest BCUT2D eigenvalue weighted by Gasteiger charge is 2.06. The van der Waals surface area contributed by atoms with Gasteiger partial charge in [0.1, 0.15) is 5.75 Å². The Kier molecular flexibility index (Phi) is 5.59. The minimum atomic E-state index is 0.247. The maximum atomic E-state index is 10.5. The second-order valence-electron chi connectivity index (χ2n) is 6.63. The minimum absolute atomic E-state index is 0.247. The van der Waals surface area contributed by atoms with E-state index in [0.29, 0.717) is 12.8 Å². The molecule has 2 nitrogen and oxygen atoms in total. The van der Waals surface area contributed by atoms with E-state index in [1.54, 1.807) is 6.07 Å². The Morgan fingerprint density at radius 1 is 0.857 bits per heavy atom. The zero-order valence-corrected chi connectivity index (χ0v) is 17.3. The van der Waals surface area contributed by atoms with Gasteiger partial charge >= 0.3 is 0 Å². The number of hydrogen-bond acceptors (Lipinski definition) is 2. The van der Waals surface area contributed by atoms with Crippen molar-refractivity contribution in [1.29, 1.82) is 0 Å². The Labute approximate surface area is 178 Å². The van der Waals surface area contributed by atoms with Crippen molar-refractivity contribution in [2.75, 3.05) is 0 Å². The number of aromatic nitrogens is 1. The average Bonchev–Trinajstić information content (AvgIpc) is 2.71. The summed E-state index contributed by atoms with van der Waals surface area (Å²) in [5, 5.41) is 11.2. The molecule has 0 radical (unpaired) electrons. The Morgan fingerprint density at radius 2 is 1.64 bits per heavy atom. The summed E-state index contributed by atoms with van der Waals surface area (Å²) in [7, 11) is 0. The van der Waals surface area contributed by atoms with Crippen LogP contribution in [0.25, 0.3) is 10.9 Å². The van der Waals surface area contributed by atoms with Crippen molar-refractivity contribution in [3.05, 3.63) is 105 Å². The average molecular weight is 475 g/mol. The Bertz CT molecular complexity index is 1170. The van der Waals surface area contributed by atoms with Crippen LogP contribution in [0.5, 0.6) is 5.75 Å². The smallest absolute Gasteiger partial charge is 0.126 e. The van der Waals surface area contributed by atoms with Crippen LogP contribution in [0.2, 0.25) is 0 Å². The number of halogens is 1. The van der Waals surface area contributed by atoms with Gasteiger partial charge in [0, 0.05) is 39.1 Å². The van der Waals surface area contributed by atoms with Crippen LogP contribution < -0.4 is 0 Å². The molecule has 1 aromatic heterocycles. The highest BCUT2D eigenvalue weighted by Crippen LogP contribution is 2.26. The molecule has 0 fully saturated rings. The molecule has 0 amide bonds. The van der Waals surface area contributed by atoms with E-state index in [-0.39, 0.29) is 5.75 Å². The number of fused-ring (bicyclic) bond motifs is 1. The van der Waals surface area contributed by atoms with Gasteiger partial charge in [0.05, 0.1) is 5.52 Å². The molecule has 0 aliphatic carbocycles. The van der Waals surface area contributed by atoms with Crippen LogP contribution in [0.4, 0.5) is 0 Å². The molecule has 0 saturated heterocycles. The molecular formula is C25H18INO. The first-order valence-electron chi connectivity index (χ1n) is 9.07. The van der Waals surface area contributed by atoms with Crippen molar-refractivity contribution in [3.8, 4) is 17.6 Å². The standard InChI is InChI=1S/C25H18INO/c26-21-12-9-18(10-13-21)7-4-8-20-11-14-24-23(16-20)25(28)17-22(27-24)15-19-5-2-1-3-6-19/h1-3,5-6,9-14,16-17H,7,15H2,(H,27,28). The number of rotatable bonds is 3. The lowest BCUT2D eigenvalue weighted by Crippen LogP contribution is -1.93. The van der Waals surface area contributed by atoms with Crippen LogP contribution in [-0.2, 0) is 12.8 Å². The van der Waals surface area contributed by atoms with Crippen molar-refractivity contribution >= 4 is 33.5 Å². The summed E-state index contributed by atoms with van der Waals surface area (Å²) in [6.45, 7) is 0. The van der Waals surface area contributed by atoms with E-state index in [2.05, 4.69) is 70.8 Å². The zero-order chi connectivity index (χ0) is 19.3. The number of benzene rings is 3. The molecule has 0 unspecified atom stereocenters. The fourth-order valence-corrected chi connectivity index (χ4v) is 3.44. The van der Waals surface area contributed by atoms with E-state index >= 15 is 0 Å². The van der Waals surface area contributed by atoms with E-state index in [0.717, 1.165) is 22.2 Å². The van der Waals surface area contributed by atoms with Crippen LogP contribution in [-0.4, -0.2) is 10.1 Å². The predicted molar refractivity (Wildman–Crippen MR) is 122 cm³/mol. The Hall–Kier alpha value is -2.84. The maximum absolute atomic E-state index is 10.5. The summed E-state index contributed by atoms with van der Waals surface area (Å²) >= 11 is 2.30. The largest absolute Gasteiger partial charge is 0.507 e. The van der Waals surface area contributed by atoms with Gasteiger partial charge in [-0.2, -0.15) is 0 Å². The molecule has 0 aliphatic rings. The predicted octanol–water partition coefficient (Wildman–Crippen LogP) is 5.73. The highest BCUT2D eigenvalue weighted by atomic mass is 127. The van der Waals surface area contributed by atoms with Crippen LogP contribution in [0, 0.1) is 15.4 Å². The summed E-state index contributed by atoms with van der Waals surface area (Å²) in [6.07, 6.45) is 1.40. The van der Waals surface area contributed by atoms with Gasteiger partial charge in [-0.25, -0.2) is 0 Å². The van der Waals surface area contributed by atoms with Gasteiger partial charge in [0.15, 0.2) is 0 Å². The van der Waals surface area contributed by atoms with Crippen LogP contribution in [0.1, 0.15) is 22.4 Å². The molecule has 28 heavy (non-hydrogen) atoms. The first-order chi connectivity index (χ1) is 13.7. The SMILES string of the molecule is Oc1cc(Cc2ccccc2)nc2ccc(C#CCc3ccc(I)cc3)cc12. The third-order valence-electron chi connectivity index (χ3n) is 4.51. The third kappa shape index (κ3) is 4.52. The molecular weight excluding hydrogens is 457 g/mol. The molecule has 0 atom stereocenters. The van der Waals surface area contributed by atoms with Gasteiger partial charge in [-0.3, -0.25) is 4.98 Å². The fourth-order valence-electron chi connectivity index (χ4n) is 3.09. The fraction of sp³-hybridized carbons (Fsp3) is 0.0800. The van der Waals surface area contributed by atoms with E-state index in [1.807, 2.05) is 36.4 Å². The van der Waals surface area contributed by atoms with Gasteiger partial charge in [0.2, 0.25) is 0 Å². The lowest BCUT2D eigenvalue weighted by molar-refractivity contribution is 0.480. The molecule has 1 N–H and O–H groups in total. The molecule has 0 spiro atoms. The molecule has 3 heteroatoms. The van der Waals surface area contributed by atoms with Crippen molar-refractivity contribution in [3.63, 3.8) is 0 Å². The lowest BCUT2D eigenvalue weighted by Gasteiger charge is -2.06. The zero-order valence-electron chi connectivity index (χ0n) is 15.2. The summed E-state index contributed by atoms with van der Waals surface area (Å²) in [5.74, 6) is 6.65. The third-order valence-corrected chi connectivity index (χ3v) is 5.23. The highest BCUT2D eigenvalue weighted by molar-refractivity contribution is 14.1. The van der Waals surface area contributed by atoms with Crippen LogP contribution in [0.15, 0.2) is 78.9 Å². The van der Waals surface area contributed by atoms with E-state index < -0.39 is 0 Å². The molecule has 0 saturated carbocycles. The van der Waals surface area contributed by atoms with Crippen LogP contribution in [0.3, 0.4) is 0 Å². The molecule has 3 aromatic carbocycles. The first kappa shape index (κ1) is 18.5. The summed E-state index contributed by atoms with van der Waals surface area (Å²) in [5.41, 5.74) is 4.89. The lowest BCUT2D eigenvalue weighted by atomic mass is 10.1. The number of hydrogen-bond donors (Lipinski definition) is 1. The molecule has 4 rings (SSSR count). The topological polar surface area (TPSA) is 33.1 Å². The van der Waals surface area contributed by atoms with Crippen LogP contribution >= 0.6 is 22.6 Å². The van der Waals surface area contributed by atoms with E-state index in [9.17, 15) is 5.11 Å². The Balaban J connectivity index is 1.56. The second kappa shape index (κ2) is 8.45. The van der Waals surface area contributed by atoms with Crippen molar-refractivity contribution in [2.24, 2.45) is 0 Å². The summed E-state index contributed by atoms with van der Waals surface area (Å²) < 4.78 is 1.22. The first-order valence-corrected chi connectivity index (χ1v) is 10.2. The molecule has 0 aliphatic heterocycles. The van der Waals surface area contributed by atoms with Gasteiger partial charge < -0.3 is 5.11 Å². The van der Waals surface area contributed by atoms with Gasteiger partial charge in [-0.15, -0.1) is 0 Å². The monoisotopic (exact) mass is 475 g/mol. The molecule has 0 bridgehead atoms. The van der Waals surface area contributed by atoms with E-state index in [4.69, 9.17) is 4.98 Å². The van der Waals surface area contributed by atoms with E-state index in [1.165, 1.54) is 14.7 Å². The number of aromatic hydroxyl groups is 1. The minimum Gasteiger partial charge on any atom is -0.507 e. The molecule has 4 aromatic rings. The van der Waals surface area contributed by atoms with Crippen molar-refractivity contribution in [1.82, 2.24) is 4.98 Å².